The third-order valence-corrected chi connectivity index (χ3v) is 6.54. The summed E-state index contributed by atoms with van der Waals surface area (Å²) in [5, 5.41) is 18.9. The first-order valence-corrected chi connectivity index (χ1v) is 13.6. The van der Waals surface area contributed by atoms with Crippen LogP contribution >= 0.6 is 0 Å². The molecule has 0 aliphatic heterocycles. The first kappa shape index (κ1) is 30.6. The first-order valence-electron chi connectivity index (χ1n) is 13.6. The summed E-state index contributed by atoms with van der Waals surface area (Å²) in [6.45, 7) is 5.45. The smallest absolute Gasteiger partial charge is 0.408 e. The molecule has 1 saturated carbocycles. The Morgan fingerprint density at radius 1 is 1.08 bits per heavy atom. The second-order valence-corrected chi connectivity index (χ2v) is 11.0. The minimum atomic E-state index is -0.918. The monoisotopic (exact) mass is 518 g/mol. The second kappa shape index (κ2) is 15.6. The van der Waals surface area contributed by atoms with E-state index in [1.807, 2.05) is 30.3 Å². The predicted octanol–water partition coefficient (Wildman–Crippen LogP) is 2.79. The van der Waals surface area contributed by atoms with Crippen LogP contribution in [0.25, 0.3) is 0 Å². The van der Waals surface area contributed by atoms with Gasteiger partial charge in [-0.3, -0.25) is 9.59 Å². The second-order valence-electron chi connectivity index (χ2n) is 11.0. The molecule has 1 aliphatic rings. The van der Waals surface area contributed by atoms with Gasteiger partial charge in [0.2, 0.25) is 11.8 Å². The van der Waals surface area contributed by atoms with E-state index in [1.54, 1.807) is 20.8 Å². The number of rotatable bonds is 13. The molecule has 1 aromatic rings. The zero-order valence-electron chi connectivity index (χ0n) is 22.6. The fourth-order valence-electron chi connectivity index (χ4n) is 4.68. The van der Waals surface area contributed by atoms with Crippen molar-refractivity contribution < 1.29 is 24.2 Å². The van der Waals surface area contributed by atoms with Gasteiger partial charge in [-0.2, -0.15) is 0 Å². The van der Waals surface area contributed by atoms with Crippen LogP contribution in [0, 0.1) is 5.92 Å². The molecule has 1 aliphatic carbocycles. The fourth-order valence-corrected chi connectivity index (χ4v) is 4.68. The molecule has 9 heteroatoms. The van der Waals surface area contributed by atoms with E-state index >= 15 is 0 Å². The number of carbonyl (C=O) groups excluding carboxylic acids is 3. The van der Waals surface area contributed by atoms with Gasteiger partial charge < -0.3 is 31.5 Å². The highest BCUT2D eigenvalue weighted by molar-refractivity contribution is 5.89. The highest BCUT2D eigenvalue weighted by Gasteiger charge is 2.28. The van der Waals surface area contributed by atoms with E-state index < -0.39 is 29.7 Å². The predicted molar refractivity (Wildman–Crippen MR) is 144 cm³/mol. The van der Waals surface area contributed by atoms with Crippen LogP contribution in [0.5, 0.6) is 0 Å². The van der Waals surface area contributed by atoms with E-state index in [0.29, 0.717) is 31.7 Å². The van der Waals surface area contributed by atoms with Crippen molar-refractivity contribution in [2.45, 2.75) is 102 Å². The quantitative estimate of drug-likeness (QED) is 0.272. The van der Waals surface area contributed by atoms with Crippen LogP contribution in [0.15, 0.2) is 30.3 Å². The summed E-state index contributed by atoms with van der Waals surface area (Å²) in [6.07, 6.45) is 6.53. The van der Waals surface area contributed by atoms with Gasteiger partial charge in [-0.25, -0.2) is 4.79 Å². The largest absolute Gasteiger partial charge is 0.444 e. The zero-order valence-corrected chi connectivity index (χ0v) is 22.6. The molecule has 0 bridgehead atoms. The molecule has 1 fully saturated rings. The lowest BCUT2D eigenvalue weighted by Gasteiger charge is -2.30. The van der Waals surface area contributed by atoms with Crippen molar-refractivity contribution in [2.75, 3.05) is 13.1 Å². The maximum absolute atomic E-state index is 13.0. The maximum Gasteiger partial charge on any atom is 0.408 e. The number of amides is 3. The van der Waals surface area contributed by atoms with E-state index in [4.69, 9.17) is 10.5 Å². The Bertz CT molecular complexity index is 837. The SMILES string of the molecule is CC(C)(C)OC(=O)N[C@@H](Cc1ccccc1)C(=O)NCC(=O)N[C@@H](CC1CCCCC1)[C@@H](O)CCCN. The highest BCUT2D eigenvalue weighted by Crippen LogP contribution is 2.28. The van der Waals surface area contributed by atoms with E-state index in [-0.39, 0.29) is 24.9 Å². The van der Waals surface area contributed by atoms with E-state index in [1.165, 1.54) is 19.3 Å². The Morgan fingerprint density at radius 2 is 1.76 bits per heavy atom. The van der Waals surface area contributed by atoms with Gasteiger partial charge in [0.25, 0.3) is 0 Å². The Morgan fingerprint density at radius 3 is 2.38 bits per heavy atom. The summed E-state index contributed by atoms with van der Waals surface area (Å²) >= 11 is 0. The average molecular weight is 519 g/mol. The topological polar surface area (TPSA) is 143 Å². The number of carbonyl (C=O) groups is 3. The van der Waals surface area contributed by atoms with Crippen LogP contribution in [0.1, 0.15) is 77.7 Å². The van der Waals surface area contributed by atoms with Gasteiger partial charge >= 0.3 is 6.09 Å². The normalized spacial score (nSPS) is 16.8. The Labute approximate surface area is 221 Å². The zero-order chi connectivity index (χ0) is 27.3. The van der Waals surface area contributed by atoms with Crippen LogP contribution in [-0.4, -0.2) is 59.9 Å². The standard InChI is InChI=1S/C28H46N4O5/c1-28(2,3)37-27(36)32-23(18-21-13-8-5-9-14-21)26(35)30-19-25(34)31-22(24(33)15-10-16-29)17-20-11-6-4-7-12-20/h5,8-9,13-14,20,22-24,33H,4,6-7,10-12,15-19,29H2,1-3H3,(H,30,35)(H,31,34)(H,32,36)/t22-,23-,24-/m0/s1. The Hall–Kier alpha value is -2.65. The number of benzene rings is 1. The van der Waals surface area contributed by atoms with Crippen molar-refractivity contribution in [3.05, 3.63) is 35.9 Å². The molecule has 37 heavy (non-hydrogen) atoms. The minimum Gasteiger partial charge on any atom is -0.444 e. The number of aliphatic hydroxyl groups excluding tert-OH is 1. The number of alkyl carbamates (subject to hydrolysis) is 1. The van der Waals surface area contributed by atoms with Crippen molar-refractivity contribution in [3.63, 3.8) is 0 Å². The van der Waals surface area contributed by atoms with Gasteiger partial charge in [-0.1, -0.05) is 62.4 Å². The summed E-state index contributed by atoms with van der Waals surface area (Å²) in [7, 11) is 0. The van der Waals surface area contributed by atoms with Gasteiger partial charge in [0.05, 0.1) is 18.7 Å². The van der Waals surface area contributed by atoms with Crippen LogP contribution in [-0.2, 0) is 20.7 Å². The number of hydrogen-bond donors (Lipinski definition) is 5. The Kier molecular flexibility index (Phi) is 12.9. The van der Waals surface area contributed by atoms with Crippen LogP contribution in [0.3, 0.4) is 0 Å². The molecule has 0 spiro atoms. The summed E-state index contributed by atoms with van der Waals surface area (Å²) in [6, 6.07) is 8.00. The molecule has 0 radical (unpaired) electrons. The number of aliphatic hydroxyl groups is 1. The van der Waals surface area contributed by atoms with E-state index in [0.717, 1.165) is 18.4 Å². The van der Waals surface area contributed by atoms with Crippen LogP contribution < -0.4 is 21.7 Å². The first-order chi connectivity index (χ1) is 17.6. The van der Waals surface area contributed by atoms with Gasteiger partial charge in [0.15, 0.2) is 0 Å². The summed E-state index contributed by atoms with van der Waals surface area (Å²) in [4.78, 5) is 38.2. The van der Waals surface area contributed by atoms with Gasteiger partial charge in [0.1, 0.15) is 11.6 Å². The van der Waals surface area contributed by atoms with Crippen molar-refractivity contribution in [2.24, 2.45) is 11.7 Å². The Balaban J connectivity index is 1.98. The van der Waals surface area contributed by atoms with Crippen molar-refractivity contribution >= 4 is 17.9 Å². The van der Waals surface area contributed by atoms with Crippen molar-refractivity contribution in [1.82, 2.24) is 16.0 Å². The lowest BCUT2D eigenvalue weighted by molar-refractivity contribution is -0.128. The number of ether oxygens (including phenoxy) is 1. The molecule has 2 rings (SSSR count). The van der Waals surface area contributed by atoms with Crippen molar-refractivity contribution in [3.8, 4) is 0 Å². The minimum absolute atomic E-state index is 0.246. The summed E-state index contributed by atoms with van der Waals surface area (Å²) in [5.41, 5.74) is 5.76. The molecular weight excluding hydrogens is 472 g/mol. The molecule has 3 amide bonds. The molecule has 9 nitrogen and oxygen atoms in total. The number of hydrogen-bond acceptors (Lipinski definition) is 6. The summed E-state index contributed by atoms with van der Waals surface area (Å²) in [5.74, 6) is -0.400. The lowest BCUT2D eigenvalue weighted by atomic mass is 9.83. The molecule has 0 aromatic heterocycles. The maximum atomic E-state index is 13.0. The third-order valence-electron chi connectivity index (χ3n) is 6.54. The van der Waals surface area contributed by atoms with Gasteiger partial charge in [0, 0.05) is 6.42 Å². The van der Waals surface area contributed by atoms with Gasteiger partial charge in [-0.05, 0) is 58.1 Å². The highest BCUT2D eigenvalue weighted by atomic mass is 16.6. The van der Waals surface area contributed by atoms with E-state index in [2.05, 4.69) is 16.0 Å². The van der Waals surface area contributed by atoms with Gasteiger partial charge in [-0.15, -0.1) is 0 Å². The molecular formula is C28H46N4O5. The van der Waals surface area contributed by atoms with Crippen molar-refractivity contribution in [1.29, 1.82) is 0 Å². The fraction of sp³-hybridized carbons (Fsp3) is 0.679. The number of nitrogens with one attached hydrogen (secondary N) is 3. The van der Waals surface area contributed by atoms with Crippen LogP contribution in [0.4, 0.5) is 4.79 Å². The lowest BCUT2D eigenvalue weighted by Crippen LogP contribution is -2.52. The molecule has 6 N–H and O–H groups in total. The molecule has 0 heterocycles. The third kappa shape index (κ3) is 12.4. The molecule has 1 aromatic carbocycles. The molecule has 3 atom stereocenters. The summed E-state index contributed by atoms with van der Waals surface area (Å²) < 4.78 is 5.32. The van der Waals surface area contributed by atoms with Crippen LogP contribution in [0.2, 0.25) is 0 Å². The molecule has 208 valence electrons. The average Bonchev–Trinajstić information content (AvgIpc) is 2.85. The molecule has 0 saturated heterocycles. The number of nitrogens with two attached hydrogens (primary N) is 1. The van der Waals surface area contributed by atoms with E-state index in [9.17, 15) is 19.5 Å². The molecule has 0 unspecified atom stereocenters.